The maximum absolute atomic E-state index is 11.5. The molecule has 1 rings (SSSR count). The van der Waals surface area contributed by atoms with Crippen LogP contribution in [0, 0.1) is 13.8 Å². The van der Waals surface area contributed by atoms with Crippen LogP contribution in [0.15, 0.2) is 0 Å². The Bertz CT molecular complexity index is 330. The molecule has 0 aliphatic carbocycles. The standard InChI is InChI=1S/C10H15NO2S/c1-6-7(2)14-9(11-6)5-8(12)10(3,4)13/h13H,5H2,1-4H3. The topological polar surface area (TPSA) is 50.2 Å². The Morgan fingerprint density at radius 2 is 2.07 bits per heavy atom. The van der Waals surface area contributed by atoms with Crippen molar-refractivity contribution in [1.29, 1.82) is 0 Å². The largest absolute Gasteiger partial charge is 0.383 e. The second-order valence-corrected chi connectivity index (χ2v) is 5.20. The van der Waals surface area contributed by atoms with Crippen LogP contribution in [0.5, 0.6) is 0 Å². The number of aliphatic hydroxyl groups is 1. The molecule has 3 nitrogen and oxygen atoms in total. The Hall–Kier alpha value is -0.740. The van der Waals surface area contributed by atoms with E-state index >= 15 is 0 Å². The average molecular weight is 213 g/mol. The Morgan fingerprint density at radius 3 is 2.43 bits per heavy atom. The lowest BCUT2D eigenvalue weighted by molar-refractivity contribution is -0.133. The summed E-state index contributed by atoms with van der Waals surface area (Å²) in [5.74, 6) is -0.189. The van der Waals surface area contributed by atoms with Gasteiger partial charge in [0.2, 0.25) is 0 Å². The molecule has 0 bridgehead atoms. The van der Waals surface area contributed by atoms with Crippen LogP contribution in [0.2, 0.25) is 0 Å². The summed E-state index contributed by atoms with van der Waals surface area (Å²) in [4.78, 5) is 16.8. The number of carbonyl (C=O) groups excluding carboxylic acids is 1. The number of hydrogen-bond acceptors (Lipinski definition) is 4. The van der Waals surface area contributed by atoms with Gasteiger partial charge in [0.1, 0.15) is 10.6 Å². The molecular weight excluding hydrogens is 198 g/mol. The van der Waals surface area contributed by atoms with Gasteiger partial charge in [-0.1, -0.05) is 0 Å². The number of rotatable bonds is 3. The Morgan fingerprint density at radius 1 is 1.50 bits per heavy atom. The van der Waals surface area contributed by atoms with Crippen molar-refractivity contribution in [2.75, 3.05) is 0 Å². The minimum Gasteiger partial charge on any atom is -0.383 e. The summed E-state index contributed by atoms with van der Waals surface area (Å²) < 4.78 is 0. The molecule has 0 saturated carbocycles. The second-order valence-electron chi connectivity index (χ2n) is 3.91. The summed E-state index contributed by atoms with van der Waals surface area (Å²) in [7, 11) is 0. The van der Waals surface area contributed by atoms with Crippen molar-refractivity contribution in [3.63, 3.8) is 0 Å². The summed E-state index contributed by atoms with van der Waals surface area (Å²) in [6.45, 7) is 6.90. The Balaban J connectivity index is 2.75. The van der Waals surface area contributed by atoms with Crippen molar-refractivity contribution in [3.05, 3.63) is 15.6 Å². The number of carbonyl (C=O) groups is 1. The van der Waals surface area contributed by atoms with Crippen molar-refractivity contribution < 1.29 is 9.90 Å². The molecule has 1 aromatic rings. The third-order valence-corrected chi connectivity index (χ3v) is 3.14. The van der Waals surface area contributed by atoms with E-state index in [4.69, 9.17) is 0 Å². The van der Waals surface area contributed by atoms with Gasteiger partial charge in [-0.15, -0.1) is 11.3 Å². The number of nitrogens with zero attached hydrogens (tertiary/aromatic N) is 1. The van der Waals surface area contributed by atoms with E-state index in [2.05, 4.69) is 4.98 Å². The van der Waals surface area contributed by atoms with Crippen LogP contribution in [0.1, 0.15) is 29.4 Å². The van der Waals surface area contributed by atoms with E-state index in [1.807, 2.05) is 13.8 Å². The van der Waals surface area contributed by atoms with Gasteiger partial charge in [0.25, 0.3) is 0 Å². The molecule has 0 fully saturated rings. The minimum absolute atomic E-state index is 0.189. The van der Waals surface area contributed by atoms with Crippen LogP contribution in [0.3, 0.4) is 0 Å². The zero-order valence-corrected chi connectivity index (χ0v) is 9.73. The average Bonchev–Trinajstić information content (AvgIpc) is 2.29. The molecule has 0 aromatic carbocycles. The normalized spacial score (nSPS) is 11.8. The smallest absolute Gasteiger partial charge is 0.170 e. The highest BCUT2D eigenvalue weighted by atomic mass is 32.1. The van der Waals surface area contributed by atoms with Gasteiger partial charge < -0.3 is 5.11 Å². The number of hydrogen-bond donors (Lipinski definition) is 1. The van der Waals surface area contributed by atoms with Crippen LogP contribution in [0.25, 0.3) is 0 Å². The van der Waals surface area contributed by atoms with E-state index in [9.17, 15) is 9.90 Å². The zero-order chi connectivity index (χ0) is 10.9. The van der Waals surface area contributed by atoms with E-state index in [-0.39, 0.29) is 12.2 Å². The molecule has 0 radical (unpaired) electrons. The Kier molecular flexibility index (Phi) is 3.07. The van der Waals surface area contributed by atoms with Gasteiger partial charge in [0.15, 0.2) is 5.78 Å². The van der Waals surface area contributed by atoms with Gasteiger partial charge in [-0.05, 0) is 27.7 Å². The van der Waals surface area contributed by atoms with Crippen molar-refractivity contribution in [3.8, 4) is 0 Å². The molecule has 0 spiro atoms. The maximum Gasteiger partial charge on any atom is 0.170 e. The predicted molar refractivity (Wildman–Crippen MR) is 56.6 cm³/mol. The number of aryl methyl sites for hydroxylation is 2. The van der Waals surface area contributed by atoms with E-state index < -0.39 is 5.60 Å². The number of aromatic nitrogens is 1. The molecule has 1 aromatic heterocycles. The van der Waals surface area contributed by atoms with Crippen molar-refractivity contribution >= 4 is 17.1 Å². The first-order valence-corrected chi connectivity index (χ1v) is 5.31. The maximum atomic E-state index is 11.5. The summed E-state index contributed by atoms with van der Waals surface area (Å²) in [5, 5.41) is 10.2. The van der Waals surface area contributed by atoms with Crippen LogP contribution in [0.4, 0.5) is 0 Å². The third kappa shape index (κ3) is 2.62. The van der Waals surface area contributed by atoms with Crippen LogP contribution < -0.4 is 0 Å². The SMILES string of the molecule is Cc1nc(CC(=O)C(C)(C)O)sc1C. The van der Waals surface area contributed by atoms with Crippen molar-refractivity contribution in [2.45, 2.75) is 39.7 Å². The summed E-state index contributed by atoms with van der Waals surface area (Å²) in [6.07, 6.45) is 0.225. The Labute approximate surface area is 87.8 Å². The zero-order valence-electron chi connectivity index (χ0n) is 8.92. The first-order valence-electron chi connectivity index (χ1n) is 4.49. The van der Waals surface area contributed by atoms with E-state index in [0.29, 0.717) is 0 Å². The lowest BCUT2D eigenvalue weighted by Crippen LogP contribution is -2.32. The molecule has 1 N–H and O–H groups in total. The van der Waals surface area contributed by atoms with Crippen LogP contribution in [-0.2, 0) is 11.2 Å². The van der Waals surface area contributed by atoms with Crippen molar-refractivity contribution in [2.24, 2.45) is 0 Å². The van der Waals surface area contributed by atoms with E-state index in [1.165, 1.54) is 25.2 Å². The fourth-order valence-corrected chi connectivity index (χ4v) is 1.90. The molecular formula is C10H15NO2S. The van der Waals surface area contributed by atoms with Gasteiger partial charge in [0.05, 0.1) is 12.1 Å². The van der Waals surface area contributed by atoms with Gasteiger partial charge in [0, 0.05) is 4.88 Å². The summed E-state index contributed by atoms with van der Waals surface area (Å²) in [5.41, 5.74) is -0.290. The van der Waals surface area contributed by atoms with Crippen LogP contribution in [-0.4, -0.2) is 21.5 Å². The van der Waals surface area contributed by atoms with Crippen molar-refractivity contribution in [1.82, 2.24) is 4.98 Å². The molecule has 14 heavy (non-hydrogen) atoms. The number of ketones is 1. The third-order valence-electron chi connectivity index (χ3n) is 2.07. The highest BCUT2D eigenvalue weighted by Crippen LogP contribution is 2.18. The van der Waals surface area contributed by atoms with Gasteiger partial charge >= 0.3 is 0 Å². The predicted octanol–water partition coefficient (Wildman–Crippen LogP) is 1.64. The van der Waals surface area contributed by atoms with Gasteiger partial charge in [-0.25, -0.2) is 4.98 Å². The van der Waals surface area contributed by atoms with E-state index in [0.717, 1.165) is 15.6 Å². The molecule has 0 atom stereocenters. The van der Waals surface area contributed by atoms with E-state index in [1.54, 1.807) is 0 Å². The molecule has 0 saturated heterocycles. The first-order chi connectivity index (χ1) is 6.30. The monoisotopic (exact) mass is 213 g/mol. The summed E-state index contributed by atoms with van der Waals surface area (Å²) >= 11 is 1.52. The molecule has 0 amide bonds. The highest BCUT2D eigenvalue weighted by Gasteiger charge is 2.24. The van der Waals surface area contributed by atoms with Crippen LogP contribution >= 0.6 is 11.3 Å². The molecule has 0 unspecified atom stereocenters. The highest BCUT2D eigenvalue weighted by molar-refractivity contribution is 7.11. The lowest BCUT2D eigenvalue weighted by atomic mass is 10.0. The number of Topliss-reactive ketones (excluding diaryl/α,β-unsaturated/α-hetero) is 1. The summed E-state index contributed by atoms with van der Waals surface area (Å²) in [6, 6.07) is 0. The molecule has 0 aliphatic heterocycles. The molecule has 4 heteroatoms. The second kappa shape index (κ2) is 3.79. The quantitative estimate of drug-likeness (QED) is 0.830. The molecule has 0 aliphatic rings. The fraction of sp³-hybridized carbons (Fsp3) is 0.600. The van der Waals surface area contributed by atoms with Gasteiger partial charge in [-0.3, -0.25) is 4.79 Å². The molecule has 1 heterocycles. The minimum atomic E-state index is -1.26. The first kappa shape index (κ1) is 11.3. The number of thiazole rings is 1. The lowest BCUT2D eigenvalue weighted by Gasteiger charge is -2.13. The fourth-order valence-electron chi connectivity index (χ4n) is 0.968. The van der Waals surface area contributed by atoms with Gasteiger partial charge in [-0.2, -0.15) is 0 Å². The molecule has 78 valence electrons.